The van der Waals surface area contributed by atoms with Gasteiger partial charge in [0.2, 0.25) is 0 Å². The molecule has 0 bridgehead atoms. The van der Waals surface area contributed by atoms with Gasteiger partial charge in [-0.3, -0.25) is 4.57 Å². The van der Waals surface area contributed by atoms with Gasteiger partial charge in [-0.25, -0.2) is 4.79 Å². The summed E-state index contributed by atoms with van der Waals surface area (Å²) in [6, 6.07) is 9.79. The van der Waals surface area contributed by atoms with Gasteiger partial charge in [-0.1, -0.05) is 30.3 Å². The second-order valence-electron chi connectivity index (χ2n) is 3.67. The molecule has 2 aromatic rings. The average molecular weight is 217 g/mol. The second-order valence-corrected chi connectivity index (χ2v) is 3.67. The van der Waals surface area contributed by atoms with Crippen molar-refractivity contribution in [1.82, 2.24) is 9.55 Å². The van der Waals surface area contributed by atoms with Crippen molar-refractivity contribution in [1.29, 1.82) is 0 Å². The summed E-state index contributed by atoms with van der Waals surface area (Å²) in [5.74, 6) is 0. The van der Waals surface area contributed by atoms with Gasteiger partial charge in [0.15, 0.2) is 0 Å². The minimum absolute atomic E-state index is 0.0766. The first-order valence-corrected chi connectivity index (χ1v) is 5.36. The van der Waals surface area contributed by atoms with Crippen LogP contribution in [0.1, 0.15) is 6.42 Å². The number of benzene rings is 1. The Morgan fingerprint density at radius 1 is 1.25 bits per heavy atom. The van der Waals surface area contributed by atoms with E-state index >= 15 is 0 Å². The van der Waals surface area contributed by atoms with Crippen LogP contribution in [0.15, 0.2) is 41.3 Å². The van der Waals surface area contributed by atoms with Gasteiger partial charge in [-0.15, -0.1) is 0 Å². The number of nitrogens with zero attached hydrogens (tertiary/aromatic N) is 1. The maximum absolute atomic E-state index is 11.6. The van der Waals surface area contributed by atoms with E-state index < -0.39 is 0 Å². The summed E-state index contributed by atoms with van der Waals surface area (Å²) in [6.45, 7) is 1.26. The molecule has 3 N–H and O–H groups in total. The van der Waals surface area contributed by atoms with Crippen LogP contribution in [-0.2, 0) is 6.54 Å². The molecule has 0 aliphatic rings. The van der Waals surface area contributed by atoms with Gasteiger partial charge in [0.1, 0.15) is 0 Å². The summed E-state index contributed by atoms with van der Waals surface area (Å²) < 4.78 is 1.66. The molecular weight excluding hydrogens is 202 g/mol. The van der Waals surface area contributed by atoms with Crippen molar-refractivity contribution in [2.24, 2.45) is 5.73 Å². The Kier molecular flexibility index (Phi) is 3.22. The number of hydrogen-bond donors (Lipinski definition) is 2. The number of aromatic nitrogens is 2. The van der Waals surface area contributed by atoms with Gasteiger partial charge in [-0.2, -0.15) is 0 Å². The summed E-state index contributed by atoms with van der Waals surface area (Å²) >= 11 is 0. The lowest BCUT2D eigenvalue weighted by molar-refractivity contribution is 0.632. The van der Waals surface area contributed by atoms with Gasteiger partial charge in [0.25, 0.3) is 0 Å². The minimum Gasteiger partial charge on any atom is -0.330 e. The summed E-state index contributed by atoms with van der Waals surface area (Å²) in [7, 11) is 0. The molecule has 84 valence electrons. The lowest BCUT2D eigenvalue weighted by Crippen LogP contribution is -2.17. The van der Waals surface area contributed by atoms with Crippen LogP contribution in [0.3, 0.4) is 0 Å². The molecule has 0 saturated heterocycles. The zero-order chi connectivity index (χ0) is 11.4. The molecule has 0 amide bonds. The average Bonchev–Trinajstić information content (AvgIpc) is 2.69. The van der Waals surface area contributed by atoms with Gasteiger partial charge in [0.05, 0.1) is 5.69 Å². The highest BCUT2D eigenvalue weighted by Gasteiger charge is 2.03. The Morgan fingerprint density at radius 2 is 2.00 bits per heavy atom. The van der Waals surface area contributed by atoms with Gasteiger partial charge in [0, 0.05) is 12.7 Å². The monoisotopic (exact) mass is 217 g/mol. The number of hydrogen-bond acceptors (Lipinski definition) is 2. The summed E-state index contributed by atoms with van der Waals surface area (Å²) in [6.07, 6.45) is 2.65. The number of rotatable bonds is 4. The molecule has 0 unspecified atom stereocenters. The zero-order valence-corrected chi connectivity index (χ0v) is 9.02. The molecule has 0 atom stereocenters. The van der Waals surface area contributed by atoms with Crippen molar-refractivity contribution in [3.63, 3.8) is 0 Å². The molecule has 1 aromatic carbocycles. The van der Waals surface area contributed by atoms with E-state index in [1.54, 1.807) is 4.57 Å². The van der Waals surface area contributed by atoms with E-state index in [0.717, 1.165) is 17.7 Å². The van der Waals surface area contributed by atoms with Crippen LogP contribution in [0.2, 0.25) is 0 Å². The van der Waals surface area contributed by atoms with Crippen LogP contribution in [0.5, 0.6) is 0 Å². The van der Waals surface area contributed by atoms with Crippen molar-refractivity contribution in [2.75, 3.05) is 6.54 Å². The van der Waals surface area contributed by atoms with Crippen LogP contribution in [0.4, 0.5) is 0 Å². The molecule has 4 nitrogen and oxygen atoms in total. The standard InChI is InChI=1S/C12H15N3O/c13-7-4-8-15-9-11(14-12(15)16)10-5-2-1-3-6-10/h1-3,5-6,9H,4,7-8,13H2,(H,14,16). The molecule has 1 aromatic heterocycles. The smallest absolute Gasteiger partial charge is 0.325 e. The topological polar surface area (TPSA) is 63.8 Å². The largest absolute Gasteiger partial charge is 0.330 e. The molecule has 0 aliphatic carbocycles. The summed E-state index contributed by atoms with van der Waals surface area (Å²) in [5.41, 5.74) is 7.21. The number of aryl methyl sites for hydroxylation is 1. The summed E-state index contributed by atoms with van der Waals surface area (Å²) in [5, 5.41) is 0. The molecule has 1 heterocycles. The first kappa shape index (κ1) is 10.7. The van der Waals surface area contributed by atoms with E-state index in [1.807, 2.05) is 36.5 Å². The van der Waals surface area contributed by atoms with E-state index in [9.17, 15) is 4.79 Å². The number of aromatic amines is 1. The van der Waals surface area contributed by atoms with Crippen molar-refractivity contribution in [3.05, 3.63) is 47.0 Å². The Hall–Kier alpha value is -1.81. The Bertz CT molecular complexity index is 498. The summed E-state index contributed by atoms with van der Waals surface area (Å²) in [4.78, 5) is 14.4. The normalized spacial score (nSPS) is 10.6. The molecule has 0 aliphatic heterocycles. The van der Waals surface area contributed by atoms with Crippen LogP contribution in [-0.4, -0.2) is 16.1 Å². The van der Waals surface area contributed by atoms with Gasteiger partial charge >= 0.3 is 5.69 Å². The Labute approximate surface area is 93.7 Å². The number of nitrogens with one attached hydrogen (secondary N) is 1. The zero-order valence-electron chi connectivity index (χ0n) is 9.02. The highest BCUT2D eigenvalue weighted by atomic mass is 16.1. The third kappa shape index (κ3) is 2.23. The number of imidazole rings is 1. The maximum atomic E-state index is 11.6. The van der Waals surface area contributed by atoms with Gasteiger partial charge < -0.3 is 10.7 Å². The highest BCUT2D eigenvalue weighted by molar-refractivity contribution is 5.57. The lowest BCUT2D eigenvalue weighted by atomic mass is 10.2. The molecule has 0 radical (unpaired) electrons. The molecule has 0 fully saturated rings. The molecule has 0 saturated carbocycles. The Morgan fingerprint density at radius 3 is 2.69 bits per heavy atom. The second kappa shape index (κ2) is 4.81. The quantitative estimate of drug-likeness (QED) is 0.808. The molecule has 16 heavy (non-hydrogen) atoms. The highest BCUT2D eigenvalue weighted by Crippen LogP contribution is 2.14. The van der Waals surface area contributed by atoms with E-state index in [1.165, 1.54) is 0 Å². The molecule has 2 rings (SSSR count). The van der Waals surface area contributed by atoms with Crippen molar-refractivity contribution in [3.8, 4) is 11.3 Å². The maximum Gasteiger partial charge on any atom is 0.325 e. The van der Waals surface area contributed by atoms with E-state index in [-0.39, 0.29) is 5.69 Å². The fraction of sp³-hybridized carbons (Fsp3) is 0.250. The first-order chi connectivity index (χ1) is 7.81. The molecular formula is C12H15N3O. The van der Waals surface area contributed by atoms with Crippen molar-refractivity contribution in [2.45, 2.75) is 13.0 Å². The van der Waals surface area contributed by atoms with Gasteiger partial charge in [-0.05, 0) is 18.5 Å². The van der Waals surface area contributed by atoms with Crippen molar-refractivity contribution >= 4 is 0 Å². The fourth-order valence-electron chi connectivity index (χ4n) is 1.63. The lowest BCUT2D eigenvalue weighted by Gasteiger charge is -1.97. The van der Waals surface area contributed by atoms with Crippen LogP contribution >= 0.6 is 0 Å². The SMILES string of the molecule is NCCCn1cc(-c2ccccc2)[nH]c1=O. The van der Waals surface area contributed by atoms with Crippen LogP contribution in [0.25, 0.3) is 11.3 Å². The first-order valence-electron chi connectivity index (χ1n) is 5.36. The number of H-pyrrole nitrogens is 1. The molecule has 0 spiro atoms. The predicted molar refractivity (Wildman–Crippen MR) is 64.2 cm³/mol. The van der Waals surface area contributed by atoms with Crippen LogP contribution in [0, 0.1) is 0 Å². The van der Waals surface area contributed by atoms with E-state index in [2.05, 4.69) is 4.98 Å². The predicted octanol–water partition coefficient (Wildman–Crippen LogP) is 1.19. The third-order valence-electron chi connectivity index (χ3n) is 2.48. The fourth-order valence-corrected chi connectivity index (χ4v) is 1.63. The van der Waals surface area contributed by atoms with E-state index in [4.69, 9.17) is 5.73 Å². The number of nitrogens with two attached hydrogens (primary N) is 1. The third-order valence-corrected chi connectivity index (χ3v) is 2.48. The Balaban J connectivity index is 2.28. The molecule has 4 heteroatoms. The minimum atomic E-state index is -0.0766. The van der Waals surface area contributed by atoms with E-state index in [0.29, 0.717) is 13.1 Å². The van der Waals surface area contributed by atoms with Crippen LogP contribution < -0.4 is 11.4 Å². The van der Waals surface area contributed by atoms with Crippen molar-refractivity contribution < 1.29 is 0 Å².